The van der Waals surface area contributed by atoms with Crippen molar-refractivity contribution in [2.75, 3.05) is 38.4 Å². The van der Waals surface area contributed by atoms with Crippen LogP contribution in [-0.2, 0) is 9.47 Å². The molecule has 0 saturated heterocycles. The minimum Gasteiger partial charge on any atom is -0.384 e. The predicted octanol–water partition coefficient (Wildman–Crippen LogP) is 0.132. The average molecular weight is 212 g/mol. The lowest BCUT2D eigenvalue weighted by Gasteiger charge is -2.14. The quantitative estimate of drug-likeness (QED) is 0.697. The van der Waals surface area contributed by atoms with E-state index in [0.29, 0.717) is 24.9 Å². The van der Waals surface area contributed by atoms with Crippen LogP contribution in [-0.4, -0.2) is 43.4 Å². The third kappa shape index (κ3) is 4.09. The third-order valence-corrected chi connectivity index (χ3v) is 1.85. The molecule has 0 aromatic carbocycles. The van der Waals surface area contributed by atoms with Gasteiger partial charge in [-0.3, -0.25) is 0 Å². The second kappa shape index (κ2) is 6.15. The Kier molecular flexibility index (Phi) is 4.79. The molecule has 3 N–H and O–H groups in total. The van der Waals surface area contributed by atoms with Crippen LogP contribution in [0, 0.1) is 0 Å². The lowest BCUT2D eigenvalue weighted by atomic mass is 10.4. The van der Waals surface area contributed by atoms with Gasteiger partial charge in [0.15, 0.2) is 0 Å². The van der Waals surface area contributed by atoms with E-state index in [2.05, 4.69) is 15.3 Å². The standard InChI is InChI=1S/C9H16N4O2/c1-14-6-7(15-2)5-12-9-11-4-3-8(10)13-9/h3-4,7H,5-6H2,1-2H3,(H3,10,11,12,13). The van der Waals surface area contributed by atoms with Crippen LogP contribution in [0.25, 0.3) is 0 Å². The van der Waals surface area contributed by atoms with E-state index in [-0.39, 0.29) is 6.10 Å². The molecule has 0 aliphatic rings. The van der Waals surface area contributed by atoms with E-state index < -0.39 is 0 Å². The van der Waals surface area contributed by atoms with Crippen molar-refractivity contribution in [1.29, 1.82) is 0 Å². The van der Waals surface area contributed by atoms with E-state index in [9.17, 15) is 0 Å². The number of nitrogen functional groups attached to an aromatic ring is 1. The Balaban J connectivity index is 2.41. The monoisotopic (exact) mass is 212 g/mol. The van der Waals surface area contributed by atoms with Crippen LogP contribution in [0.1, 0.15) is 0 Å². The normalized spacial score (nSPS) is 12.4. The molecular formula is C9H16N4O2. The molecule has 15 heavy (non-hydrogen) atoms. The van der Waals surface area contributed by atoms with Crippen molar-refractivity contribution in [2.45, 2.75) is 6.10 Å². The number of hydrogen-bond donors (Lipinski definition) is 2. The van der Waals surface area contributed by atoms with Crippen molar-refractivity contribution in [3.05, 3.63) is 12.3 Å². The van der Waals surface area contributed by atoms with Gasteiger partial charge in [0.25, 0.3) is 0 Å². The SMILES string of the molecule is COCC(CNc1nccc(N)n1)OC. The van der Waals surface area contributed by atoms with Gasteiger partial charge in [-0.2, -0.15) is 4.98 Å². The predicted molar refractivity (Wildman–Crippen MR) is 57.6 cm³/mol. The minimum absolute atomic E-state index is 0.0277. The summed E-state index contributed by atoms with van der Waals surface area (Å²) in [5, 5.41) is 3.01. The first-order valence-corrected chi connectivity index (χ1v) is 4.60. The molecule has 1 atom stereocenters. The Hall–Kier alpha value is -1.40. The molecule has 0 spiro atoms. The van der Waals surface area contributed by atoms with Crippen molar-refractivity contribution in [3.63, 3.8) is 0 Å². The van der Waals surface area contributed by atoms with Crippen molar-refractivity contribution in [3.8, 4) is 0 Å². The smallest absolute Gasteiger partial charge is 0.224 e. The molecule has 0 bridgehead atoms. The third-order valence-electron chi connectivity index (χ3n) is 1.85. The number of aromatic nitrogens is 2. The van der Waals surface area contributed by atoms with Gasteiger partial charge < -0.3 is 20.5 Å². The minimum atomic E-state index is -0.0277. The van der Waals surface area contributed by atoms with Gasteiger partial charge in [-0.15, -0.1) is 0 Å². The lowest BCUT2D eigenvalue weighted by Crippen LogP contribution is -2.27. The molecular weight excluding hydrogens is 196 g/mol. The van der Waals surface area contributed by atoms with Crippen molar-refractivity contribution in [1.82, 2.24) is 9.97 Å². The van der Waals surface area contributed by atoms with E-state index >= 15 is 0 Å². The van der Waals surface area contributed by atoms with Crippen molar-refractivity contribution in [2.24, 2.45) is 0 Å². The Morgan fingerprint density at radius 1 is 1.53 bits per heavy atom. The highest BCUT2D eigenvalue weighted by Gasteiger charge is 2.06. The molecule has 1 heterocycles. The van der Waals surface area contributed by atoms with E-state index in [1.54, 1.807) is 26.5 Å². The van der Waals surface area contributed by atoms with Gasteiger partial charge in [0.2, 0.25) is 5.95 Å². The first-order chi connectivity index (χ1) is 7.26. The topological polar surface area (TPSA) is 82.3 Å². The summed E-state index contributed by atoms with van der Waals surface area (Å²) >= 11 is 0. The van der Waals surface area contributed by atoms with Crippen LogP contribution in [0.5, 0.6) is 0 Å². The molecule has 6 heteroatoms. The number of anilines is 2. The summed E-state index contributed by atoms with van der Waals surface area (Å²) in [6, 6.07) is 1.63. The lowest BCUT2D eigenvalue weighted by molar-refractivity contribution is 0.0365. The molecule has 1 unspecified atom stereocenters. The van der Waals surface area contributed by atoms with Gasteiger partial charge in [0, 0.05) is 27.0 Å². The fourth-order valence-corrected chi connectivity index (χ4v) is 1.06. The summed E-state index contributed by atoms with van der Waals surface area (Å²) in [5.74, 6) is 0.932. The van der Waals surface area contributed by atoms with Gasteiger partial charge in [0.05, 0.1) is 12.7 Å². The molecule has 84 valence electrons. The second-order valence-electron chi connectivity index (χ2n) is 3.00. The number of ether oxygens (including phenoxy) is 2. The summed E-state index contributed by atoms with van der Waals surface area (Å²) < 4.78 is 10.1. The Labute approximate surface area is 88.8 Å². The van der Waals surface area contributed by atoms with E-state index in [1.807, 2.05) is 0 Å². The summed E-state index contributed by atoms with van der Waals surface area (Å²) in [7, 11) is 3.26. The zero-order valence-corrected chi connectivity index (χ0v) is 8.93. The maximum atomic E-state index is 5.51. The fraction of sp³-hybridized carbons (Fsp3) is 0.556. The number of nitrogens with two attached hydrogens (primary N) is 1. The zero-order valence-electron chi connectivity index (χ0n) is 8.93. The van der Waals surface area contributed by atoms with Gasteiger partial charge in [-0.25, -0.2) is 4.98 Å². The number of methoxy groups -OCH3 is 2. The van der Waals surface area contributed by atoms with Crippen LogP contribution in [0.3, 0.4) is 0 Å². The highest BCUT2D eigenvalue weighted by Crippen LogP contribution is 2.01. The van der Waals surface area contributed by atoms with E-state index in [0.717, 1.165) is 0 Å². The fourth-order valence-electron chi connectivity index (χ4n) is 1.06. The Morgan fingerprint density at radius 3 is 2.93 bits per heavy atom. The number of nitrogens with zero attached hydrogens (tertiary/aromatic N) is 2. The highest BCUT2D eigenvalue weighted by molar-refractivity contribution is 5.34. The zero-order chi connectivity index (χ0) is 11.1. The average Bonchev–Trinajstić information content (AvgIpc) is 2.24. The largest absolute Gasteiger partial charge is 0.384 e. The van der Waals surface area contributed by atoms with Gasteiger partial charge in [0.1, 0.15) is 5.82 Å². The molecule has 0 aliphatic carbocycles. The number of rotatable bonds is 6. The molecule has 1 rings (SSSR count). The Morgan fingerprint density at radius 2 is 2.33 bits per heavy atom. The van der Waals surface area contributed by atoms with E-state index in [4.69, 9.17) is 15.2 Å². The van der Waals surface area contributed by atoms with Crippen LogP contribution in [0.2, 0.25) is 0 Å². The molecule has 0 radical (unpaired) electrons. The molecule has 6 nitrogen and oxygen atoms in total. The van der Waals surface area contributed by atoms with Gasteiger partial charge in [-0.05, 0) is 6.07 Å². The number of hydrogen-bond acceptors (Lipinski definition) is 6. The molecule has 0 amide bonds. The molecule has 0 saturated carbocycles. The summed E-state index contributed by atoms with van der Waals surface area (Å²) in [5.41, 5.74) is 5.51. The van der Waals surface area contributed by atoms with E-state index in [1.165, 1.54) is 0 Å². The van der Waals surface area contributed by atoms with Crippen LogP contribution in [0.15, 0.2) is 12.3 Å². The summed E-state index contributed by atoms with van der Waals surface area (Å²) in [6.45, 7) is 1.10. The highest BCUT2D eigenvalue weighted by atomic mass is 16.5. The van der Waals surface area contributed by atoms with Crippen molar-refractivity contribution < 1.29 is 9.47 Å². The van der Waals surface area contributed by atoms with Crippen molar-refractivity contribution >= 4 is 11.8 Å². The van der Waals surface area contributed by atoms with Crippen LogP contribution in [0.4, 0.5) is 11.8 Å². The first kappa shape index (κ1) is 11.7. The maximum Gasteiger partial charge on any atom is 0.224 e. The molecule has 0 fully saturated rings. The molecule has 1 aromatic heterocycles. The number of nitrogens with one attached hydrogen (secondary N) is 1. The summed E-state index contributed by atoms with van der Waals surface area (Å²) in [6.07, 6.45) is 1.57. The first-order valence-electron chi connectivity index (χ1n) is 4.60. The molecule has 1 aromatic rings. The summed E-state index contributed by atoms with van der Waals surface area (Å²) in [4.78, 5) is 8.01. The Bertz CT molecular complexity index is 295. The van der Waals surface area contributed by atoms with Crippen LogP contribution >= 0.6 is 0 Å². The van der Waals surface area contributed by atoms with Crippen LogP contribution < -0.4 is 11.1 Å². The second-order valence-corrected chi connectivity index (χ2v) is 3.00. The van der Waals surface area contributed by atoms with Gasteiger partial charge >= 0.3 is 0 Å². The maximum absolute atomic E-state index is 5.51. The van der Waals surface area contributed by atoms with Gasteiger partial charge in [-0.1, -0.05) is 0 Å². The molecule has 0 aliphatic heterocycles.